The van der Waals surface area contributed by atoms with Crippen molar-refractivity contribution in [1.82, 2.24) is 5.16 Å². The highest BCUT2D eigenvalue weighted by molar-refractivity contribution is 6.30. The molecule has 8 nitrogen and oxygen atoms in total. The molecule has 1 aliphatic carbocycles. The van der Waals surface area contributed by atoms with Gasteiger partial charge in [0.2, 0.25) is 0 Å². The van der Waals surface area contributed by atoms with Gasteiger partial charge < -0.3 is 14.6 Å². The van der Waals surface area contributed by atoms with E-state index in [0.717, 1.165) is 0 Å². The highest BCUT2D eigenvalue weighted by Gasteiger charge is 2.33. The molecule has 0 radical (unpaired) electrons. The van der Waals surface area contributed by atoms with E-state index in [2.05, 4.69) is 15.0 Å². The van der Waals surface area contributed by atoms with E-state index in [-0.39, 0.29) is 39.4 Å². The summed E-state index contributed by atoms with van der Waals surface area (Å²) in [5.41, 5.74) is 0.555. The fourth-order valence-corrected chi connectivity index (χ4v) is 2.98. The van der Waals surface area contributed by atoms with Gasteiger partial charge in [0.15, 0.2) is 24.0 Å². The third-order valence-electron chi connectivity index (χ3n) is 4.21. The molecular formula is C20H12N2O6. The first-order valence-corrected chi connectivity index (χ1v) is 8.25. The average molecular weight is 376 g/mol. The number of ether oxygens (including phenoxy) is 1. The summed E-state index contributed by atoms with van der Waals surface area (Å²) in [7, 11) is 0. The van der Waals surface area contributed by atoms with Crippen molar-refractivity contribution in [3.63, 3.8) is 0 Å². The molecule has 0 spiro atoms. The number of amides is 1. The number of hydrogen-bond donors (Lipinski definition) is 1. The maximum absolute atomic E-state index is 12.9. The molecule has 1 aromatic heterocycles. The van der Waals surface area contributed by atoms with Crippen LogP contribution in [0.5, 0.6) is 0 Å². The minimum atomic E-state index is -0.882. The van der Waals surface area contributed by atoms with E-state index in [9.17, 15) is 19.2 Å². The van der Waals surface area contributed by atoms with Crippen molar-refractivity contribution in [3.05, 3.63) is 82.6 Å². The van der Waals surface area contributed by atoms with Crippen molar-refractivity contribution in [3.8, 4) is 0 Å². The number of hydrogen-bond acceptors (Lipinski definition) is 7. The topological polar surface area (TPSA) is 116 Å². The van der Waals surface area contributed by atoms with Crippen molar-refractivity contribution < 1.29 is 28.4 Å². The largest absolute Gasteiger partial charge is 0.452 e. The molecule has 0 aliphatic heterocycles. The average Bonchev–Trinajstić information content (AvgIpc) is 3.22. The zero-order valence-electron chi connectivity index (χ0n) is 14.3. The van der Waals surface area contributed by atoms with E-state index in [1.165, 1.54) is 36.6 Å². The lowest BCUT2D eigenvalue weighted by Gasteiger charge is -2.19. The van der Waals surface area contributed by atoms with Crippen LogP contribution in [0.4, 0.5) is 5.82 Å². The first-order chi connectivity index (χ1) is 13.6. The Labute approximate surface area is 158 Å². The Morgan fingerprint density at radius 2 is 1.64 bits per heavy atom. The van der Waals surface area contributed by atoms with E-state index in [1.54, 1.807) is 18.2 Å². The van der Waals surface area contributed by atoms with Crippen LogP contribution in [0.3, 0.4) is 0 Å². The van der Waals surface area contributed by atoms with Gasteiger partial charge in [0.05, 0.1) is 5.56 Å². The monoisotopic (exact) mass is 376 g/mol. The van der Waals surface area contributed by atoms with Crippen LogP contribution in [0.25, 0.3) is 0 Å². The lowest BCUT2D eigenvalue weighted by atomic mass is 9.82. The lowest BCUT2D eigenvalue weighted by molar-refractivity contribution is -0.119. The number of nitrogens with one attached hydrogen (secondary N) is 1. The van der Waals surface area contributed by atoms with E-state index >= 15 is 0 Å². The Bertz CT molecular complexity index is 1120. The van der Waals surface area contributed by atoms with Crippen molar-refractivity contribution in [1.29, 1.82) is 0 Å². The third-order valence-corrected chi connectivity index (χ3v) is 4.21. The molecule has 0 saturated carbocycles. The molecule has 2 aromatic carbocycles. The standard InChI is InChI=1S/C20H12N2O6/c23-16(21-15-8-9-28-22-15)10-27-20(26)14-7-3-6-13-17(14)19(25)12-5-2-1-4-11(12)18(13)24/h1-9H,10H2,(H,21,22,23). The van der Waals surface area contributed by atoms with E-state index < -0.39 is 24.3 Å². The molecule has 8 heteroatoms. The summed E-state index contributed by atoms with van der Waals surface area (Å²) in [6.45, 7) is -0.589. The van der Waals surface area contributed by atoms with Gasteiger partial charge in [-0.2, -0.15) is 0 Å². The Hall–Kier alpha value is -4.07. The van der Waals surface area contributed by atoms with Gasteiger partial charge in [-0.15, -0.1) is 0 Å². The Kier molecular flexibility index (Phi) is 4.29. The zero-order valence-corrected chi connectivity index (χ0v) is 14.3. The van der Waals surface area contributed by atoms with Crippen molar-refractivity contribution in [2.45, 2.75) is 0 Å². The number of carbonyl (C=O) groups is 4. The summed E-state index contributed by atoms with van der Waals surface area (Å²) >= 11 is 0. The molecule has 1 heterocycles. The maximum atomic E-state index is 12.9. The second-order valence-corrected chi connectivity index (χ2v) is 5.94. The van der Waals surface area contributed by atoms with Crippen molar-refractivity contribution in [2.75, 3.05) is 11.9 Å². The molecule has 3 aromatic rings. The molecular weight excluding hydrogens is 364 g/mol. The second kappa shape index (κ2) is 6.92. The van der Waals surface area contributed by atoms with Crippen molar-refractivity contribution in [2.24, 2.45) is 0 Å². The number of esters is 1. The summed E-state index contributed by atoms with van der Waals surface area (Å²) in [6.07, 6.45) is 1.28. The molecule has 0 bridgehead atoms. The number of ketones is 2. The predicted molar refractivity (Wildman–Crippen MR) is 95.2 cm³/mol. The van der Waals surface area contributed by atoms with Crippen LogP contribution in [-0.4, -0.2) is 35.2 Å². The summed E-state index contributed by atoms with van der Waals surface area (Å²) in [4.78, 5) is 49.9. The number of carbonyl (C=O) groups excluding carboxylic acids is 4. The fraction of sp³-hybridized carbons (Fsp3) is 0.0500. The second-order valence-electron chi connectivity index (χ2n) is 5.94. The highest BCUT2D eigenvalue weighted by Crippen LogP contribution is 2.29. The molecule has 0 atom stereocenters. The number of anilines is 1. The number of benzene rings is 2. The highest BCUT2D eigenvalue weighted by atomic mass is 16.5. The zero-order chi connectivity index (χ0) is 19.7. The van der Waals surface area contributed by atoms with Crippen molar-refractivity contribution >= 4 is 29.3 Å². The smallest absolute Gasteiger partial charge is 0.339 e. The van der Waals surface area contributed by atoms with Crippen LogP contribution in [0.1, 0.15) is 42.2 Å². The van der Waals surface area contributed by atoms with Gasteiger partial charge in [-0.05, 0) is 6.07 Å². The maximum Gasteiger partial charge on any atom is 0.339 e. The third kappa shape index (κ3) is 2.96. The molecule has 1 N–H and O–H groups in total. The minimum Gasteiger partial charge on any atom is -0.452 e. The SMILES string of the molecule is O=C(COC(=O)c1cccc2c1C(=O)c1ccccc1C2=O)Nc1ccon1. The Morgan fingerprint density at radius 1 is 0.929 bits per heavy atom. The molecule has 0 fully saturated rings. The first-order valence-electron chi connectivity index (χ1n) is 8.25. The van der Waals surface area contributed by atoms with Gasteiger partial charge in [-0.25, -0.2) is 4.79 Å². The van der Waals surface area contributed by atoms with Crippen LogP contribution in [0.2, 0.25) is 0 Å². The predicted octanol–water partition coefficient (Wildman–Crippen LogP) is 2.25. The van der Waals surface area contributed by atoms with Crippen LogP contribution in [-0.2, 0) is 9.53 Å². The molecule has 28 heavy (non-hydrogen) atoms. The van der Waals surface area contributed by atoms with Gasteiger partial charge in [-0.3, -0.25) is 14.4 Å². The van der Waals surface area contributed by atoms with E-state index in [1.807, 2.05) is 0 Å². The molecule has 1 aliphatic rings. The van der Waals surface area contributed by atoms with Crippen LogP contribution >= 0.6 is 0 Å². The minimum absolute atomic E-state index is 0.0203. The number of rotatable bonds is 4. The summed E-state index contributed by atoms with van der Waals surface area (Å²) in [5.74, 6) is -2.11. The first kappa shape index (κ1) is 17.3. The van der Waals surface area contributed by atoms with Crippen LogP contribution < -0.4 is 5.32 Å². The van der Waals surface area contributed by atoms with E-state index in [4.69, 9.17) is 4.74 Å². The summed E-state index contributed by atoms with van der Waals surface area (Å²) in [5, 5.41) is 5.89. The summed E-state index contributed by atoms with van der Waals surface area (Å²) in [6, 6.07) is 12.2. The molecule has 1 amide bonds. The van der Waals surface area contributed by atoms with Crippen LogP contribution in [0.15, 0.2) is 59.3 Å². The van der Waals surface area contributed by atoms with Gasteiger partial charge in [0, 0.05) is 28.3 Å². The van der Waals surface area contributed by atoms with E-state index in [0.29, 0.717) is 0 Å². The molecule has 0 unspecified atom stereocenters. The summed E-state index contributed by atoms with van der Waals surface area (Å²) < 4.78 is 9.58. The number of aromatic nitrogens is 1. The Morgan fingerprint density at radius 3 is 2.36 bits per heavy atom. The Balaban J connectivity index is 1.58. The lowest BCUT2D eigenvalue weighted by Crippen LogP contribution is -2.26. The number of fused-ring (bicyclic) bond motifs is 2. The van der Waals surface area contributed by atoms with Crippen LogP contribution in [0, 0.1) is 0 Å². The normalized spacial score (nSPS) is 12.1. The quantitative estimate of drug-likeness (QED) is 0.543. The molecule has 4 rings (SSSR count). The van der Waals surface area contributed by atoms with Gasteiger partial charge in [-0.1, -0.05) is 41.6 Å². The van der Waals surface area contributed by atoms with Gasteiger partial charge in [0.25, 0.3) is 5.91 Å². The molecule has 138 valence electrons. The number of nitrogens with zero attached hydrogens (tertiary/aromatic N) is 1. The fourth-order valence-electron chi connectivity index (χ4n) is 2.98. The van der Waals surface area contributed by atoms with Gasteiger partial charge in [0.1, 0.15) is 6.26 Å². The molecule has 0 saturated heterocycles. The van der Waals surface area contributed by atoms with Gasteiger partial charge >= 0.3 is 5.97 Å².